The van der Waals surface area contributed by atoms with Crippen LogP contribution < -0.4 is 20.1 Å². The van der Waals surface area contributed by atoms with E-state index < -0.39 is 0 Å². The summed E-state index contributed by atoms with van der Waals surface area (Å²) < 4.78 is 11.0. The van der Waals surface area contributed by atoms with Gasteiger partial charge in [0.25, 0.3) is 0 Å². The van der Waals surface area contributed by atoms with Gasteiger partial charge in [0.15, 0.2) is 11.5 Å². The normalized spacial score (nSPS) is 12.5. The van der Waals surface area contributed by atoms with Crippen LogP contribution >= 0.6 is 11.6 Å². The Hall–Kier alpha value is -2.40. The molecular formula is C18H19ClN2O3. The van der Waals surface area contributed by atoms with Crippen LogP contribution in [0.15, 0.2) is 42.5 Å². The molecule has 0 saturated heterocycles. The Kier molecular flexibility index (Phi) is 5.43. The smallest absolute Gasteiger partial charge is 0.239 e. The third-order valence-corrected chi connectivity index (χ3v) is 3.86. The Balaban J connectivity index is 1.42. The molecule has 24 heavy (non-hydrogen) atoms. The van der Waals surface area contributed by atoms with E-state index in [2.05, 4.69) is 10.6 Å². The Labute approximate surface area is 145 Å². The molecule has 2 aromatic rings. The molecule has 6 heteroatoms. The van der Waals surface area contributed by atoms with Crippen molar-refractivity contribution in [2.24, 2.45) is 0 Å². The SMILES string of the molecule is O=C(CNc1ccc2c(c1)OCCO2)NCCc1cccc(Cl)c1. The Morgan fingerprint density at radius 2 is 1.92 bits per heavy atom. The lowest BCUT2D eigenvalue weighted by molar-refractivity contribution is -0.119. The molecule has 0 fully saturated rings. The van der Waals surface area contributed by atoms with Crippen molar-refractivity contribution in [1.82, 2.24) is 5.32 Å². The summed E-state index contributed by atoms with van der Waals surface area (Å²) >= 11 is 5.94. The minimum Gasteiger partial charge on any atom is -0.486 e. The summed E-state index contributed by atoms with van der Waals surface area (Å²) in [4.78, 5) is 11.9. The maximum absolute atomic E-state index is 11.9. The number of nitrogens with one attached hydrogen (secondary N) is 2. The van der Waals surface area contributed by atoms with Gasteiger partial charge in [0.1, 0.15) is 13.2 Å². The Morgan fingerprint density at radius 1 is 1.08 bits per heavy atom. The molecule has 0 unspecified atom stereocenters. The van der Waals surface area contributed by atoms with E-state index in [-0.39, 0.29) is 12.5 Å². The van der Waals surface area contributed by atoms with E-state index in [0.717, 1.165) is 23.4 Å². The number of carbonyl (C=O) groups excluding carboxylic acids is 1. The molecule has 1 amide bonds. The zero-order valence-corrected chi connectivity index (χ0v) is 13.9. The zero-order valence-electron chi connectivity index (χ0n) is 13.2. The van der Waals surface area contributed by atoms with Crippen LogP contribution in [0.5, 0.6) is 11.5 Å². The summed E-state index contributed by atoms with van der Waals surface area (Å²) in [5, 5.41) is 6.67. The van der Waals surface area contributed by atoms with Gasteiger partial charge in [-0.05, 0) is 36.2 Å². The first kappa shape index (κ1) is 16.5. The predicted molar refractivity (Wildman–Crippen MR) is 94.1 cm³/mol. The van der Waals surface area contributed by atoms with Crippen molar-refractivity contribution in [3.05, 3.63) is 53.1 Å². The van der Waals surface area contributed by atoms with Gasteiger partial charge in [0.2, 0.25) is 5.91 Å². The quantitative estimate of drug-likeness (QED) is 0.844. The summed E-state index contributed by atoms with van der Waals surface area (Å²) in [5.74, 6) is 1.37. The number of hydrogen-bond donors (Lipinski definition) is 2. The van der Waals surface area contributed by atoms with Crippen LogP contribution in [0, 0.1) is 0 Å². The van der Waals surface area contributed by atoms with Crippen molar-refractivity contribution in [3.63, 3.8) is 0 Å². The van der Waals surface area contributed by atoms with Crippen LogP contribution in [-0.4, -0.2) is 32.2 Å². The van der Waals surface area contributed by atoms with E-state index in [1.54, 1.807) is 0 Å². The number of benzene rings is 2. The fraction of sp³-hybridized carbons (Fsp3) is 0.278. The average Bonchev–Trinajstić information content (AvgIpc) is 2.60. The van der Waals surface area contributed by atoms with Gasteiger partial charge in [-0.1, -0.05) is 23.7 Å². The first-order valence-electron chi connectivity index (χ1n) is 7.85. The van der Waals surface area contributed by atoms with Gasteiger partial charge in [0.05, 0.1) is 6.54 Å². The maximum atomic E-state index is 11.9. The molecule has 0 atom stereocenters. The van der Waals surface area contributed by atoms with Gasteiger partial charge in [-0.25, -0.2) is 0 Å². The van der Waals surface area contributed by atoms with Crippen molar-refractivity contribution in [2.75, 3.05) is 31.6 Å². The molecule has 1 aliphatic heterocycles. The van der Waals surface area contributed by atoms with E-state index in [1.807, 2.05) is 42.5 Å². The number of rotatable bonds is 6. The van der Waals surface area contributed by atoms with Crippen LogP contribution in [0.2, 0.25) is 5.02 Å². The number of hydrogen-bond acceptors (Lipinski definition) is 4. The first-order chi connectivity index (χ1) is 11.7. The lowest BCUT2D eigenvalue weighted by atomic mass is 10.1. The van der Waals surface area contributed by atoms with Gasteiger partial charge in [0, 0.05) is 23.3 Å². The predicted octanol–water partition coefficient (Wildman–Crippen LogP) is 2.88. The third-order valence-electron chi connectivity index (χ3n) is 3.62. The van der Waals surface area contributed by atoms with Gasteiger partial charge < -0.3 is 20.1 Å². The summed E-state index contributed by atoms with van der Waals surface area (Å²) in [6.07, 6.45) is 0.746. The van der Waals surface area contributed by atoms with E-state index in [0.29, 0.717) is 30.5 Å². The summed E-state index contributed by atoms with van der Waals surface area (Å²) in [5.41, 5.74) is 1.92. The number of fused-ring (bicyclic) bond motifs is 1. The highest BCUT2D eigenvalue weighted by Crippen LogP contribution is 2.32. The van der Waals surface area contributed by atoms with Gasteiger partial charge in [-0.3, -0.25) is 4.79 Å². The molecule has 126 valence electrons. The number of halogens is 1. The molecule has 0 aliphatic carbocycles. The summed E-state index contributed by atoms with van der Waals surface area (Å²) in [6.45, 7) is 1.88. The molecule has 5 nitrogen and oxygen atoms in total. The van der Waals surface area contributed by atoms with E-state index in [4.69, 9.17) is 21.1 Å². The van der Waals surface area contributed by atoms with Crippen LogP contribution in [0.4, 0.5) is 5.69 Å². The molecule has 3 rings (SSSR count). The van der Waals surface area contributed by atoms with E-state index >= 15 is 0 Å². The largest absolute Gasteiger partial charge is 0.486 e. The molecule has 0 bridgehead atoms. The lowest BCUT2D eigenvalue weighted by Crippen LogP contribution is -2.31. The van der Waals surface area contributed by atoms with Crippen molar-refractivity contribution < 1.29 is 14.3 Å². The summed E-state index contributed by atoms with van der Waals surface area (Å²) in [6, 6.07) is 13.2. The monoisotopic (exact) mass is 346 g/mol. The van der Waals surface area contributed by atoms with Crippen LogP contribution in [0.3, 0.4) is 0 Å². The zero-order chi connectivity index (χ0) is 16.8. The standard InChI is InChI=1S/C18H19ClN2O3/c19-14-3-1-2-13(10-14)6-7-20-18(22)12-21-15-4-5-16-17(11-15)24-9-8-23-16/h1-5,10-11,21H,6-9,12H2,(H,20,22). The maximum Gasteiger partial charge on any atom is 0.239 e. The fourth-order valence-corrected chi connectivity index (χ4v) is 2.65. The highest BCUT2D eigenvalue weighted by Gasteiger charge is 2.11. The minimum atomic E-state index is -0.0630. The molecule has 0 spiro atoms. The second-order valence-electron chi connectivity index (χ2n) is 5.44. The second kappa shape index (κ2) is 7.93. The lowest BCUT2D eigenvalue weighted by Gasteiger charge is -2.19. The minimum absolute atomic E-state index is 0.0630. The number of anilines is 1. The number of amides is 1. The Morgan fingerprint density at radius 3 is 2.75 bits per heavy atom. The molecule has 1 aliphatic rings. The van der Waals surface area contributed by atoms with Gasteiger partial charge in [-0.15, -0.1) is 0 Å². The highest BCUT2D eigenvalue weighted by molar-refractivity contribution is 6.30. The molecular weight excluding hydrogens is 328 g/mol. The number of ether oxygens (including phenoxy) is 2. The molecule has 2 aromatic carbocycles. The van der Waals surface area contributed by atoms with Crippen molar-refractivity contribution >= 4 is 23.2 Å². The fourth-order valence-electron chi connectivity index (χ4n) is 2.44. The third kappa shape index (κ3) is 4.55. The second-order valence-corrected chi connectivity index (χ2v) is 5.88. The molecule has 1 heterocycles. The van der Waals surface area contributed by atoms with Crippen LogP contribution in [-0.2, 0) is 11.2 Å². The van der Waals surface area contributed by atoms with Crippen LogP contribution in [0.25, 0.3) is 0 Å². The number of carbonyl (C=O) groups is 1. The van der Waals surface area contributed by atoms with Crippen molar-refractivity contribution in [2.45, 2.75) is 6.42 Å². The molecule has 0 saturated carbocycles. The summed E-state index contributed by atoms with van der Waals surface area (Å²) in [7, 11) is 0. The average molecular weight is 347 g/mol. The molecule has 0 aromatic heterocycles. The molecule has 2 N–H and O–H groups in total. The van der Waals surface area contributed by atoms with Crippen LogP contribution in [0.1, 0.15) is 5.56 Å². The van der Waals surface area contributed by atoms with Crippen molar-refractivity contribution in [3.8, 4) is 11.5 Å². The Bertz CT molecular complexity index is 721. The van der Waals surface area contributed by atoms with Gasteiger partial charge in [-0.2, -0.15) is 0 Å². The molecule has 0 radical (unpaired) electrons. The van der Waals surface area contributed by atoms with Gasteiger partial charge >= 0.3 is 0 Å². The van der Waals surface area contributed by atoms with E-state index in [9.17, 15) is 4.79 Å². The first-order valence-corrected chi connectivity index (χ1v) is 8.23. The topological polar surface area (TPSA) is 59.6 Å². The van der Waals surface area contributed by atoms with E-state index in [1.165, 1.54) is 0 Å². The van der Waals surface area contributed by atoms with Crippen molar-refractivity contribution in [1.29, 1.82) is 0 Å². The highest BCUT2D eigenvalue weighted by atomic mass is 35.5.